The summed E-state index contributed by atoms with van der Waals surface area (Å²) in [5.74, 6) is 0. The maximum absolute atomic E-state index is 3.56. The molecule has 0 amide bonds. The lowest BCUT2D eigenvalue weighted by atomic mass is 9.94. The van der Waals surface area contributed by atoms with Gasteiger partial charge in [-0.05, 0) is 76.6 Å². The van der Waals surface area contributed by atoms with E-state index in [9.17, 15) is 0 Å². The zero-order chi connectivity index (χ0) is 13.8. The van der Waals surface area contributed by atoms with E-state index < -0.39 is 0 Å². The predicted molar refractivity (Wildman–Crippen MR) is 83.8 cm³/mol. The molecule has 1 aliphatic carbocycles. The smallest absolute Gasteiger partial charge is 0.00683 e. The normalized spacial score (nSPS) is 15.9. The molecule has 1 aliphatic rings. The molecule has 0 aromatic heterocycles. The SMILES string of the molecule is CC(=CCCNC1CC1)Cc1c(C)cc(C)cc1C. The third kappa shape index (κ3) is 4.50. The Kier molecular flexibility index (Phi) is 4.81. The van der Waals surface area contributed by atoms with Crippen molar-refractivity contribution in [1.82, 2.24) is 5.32 Å². The summed E-state index contributed by atoms with van der Waals surface area (Å²) in [5, 5.41) is 3.56. The first-order valence-corrected chi connectivity index (χ1v) is 7.52. The Bertz CT molecular complexity index is 444. The highest BCUT2D eigenvalue weighted by Crippen LogP contribution is 2.20. The van der Waals surface area contributed by atoms with Crippen LogP contribution in [0.15, 0.2) is 23.8 Å². The minimum absolute atomic E-state index is 0.829. The molecule has 2 rings (SSSR count). The molecular weight excluding hydrogens is 230 g/mol. The average molecular weight is 257 g/mol. The van der Waals surface area contributed by atoms with Crippen LogP contribution in [0.1, 0.15) is 48.4 Å². The van der Waals surface area contributed by atoms with Crippen molar-refractivity contribution < 1.29 is 0 Å². The first kappa shape index (κ1) is 14.3. The van der Waals surface area contributed by atoms with Crippen LogP contribution < -0.4 is 5.32 Å². The minimum Gasteiger partial charge on any atom is -0.314 e. The van der Waals surface area contributed by atoms with Crippen molar-refractivity contribution in [1.29, 1.82) is 0 Å². The van der Waals surface area contributed by atoms with E-state index in [2.05, 4.69) is 51.2 Å². The highest BCUT2D eigenvalue weighted by molar-refractivity contribution is 5.39. The van der Waals surface area contributed by atoms with Gasteiger partial charge in [-0.25, -0.2) is 0 Å². The third-order valence-electron chi connectivity index (χ3n) is 3.94. The summed E-state index contributed by atoms with van der Waals surface area (Å²) >= 11 is 0. The van der Waals surface area contributed by atoms with E-state index in [4.69, 9.17) is 0 Å². The van der Waals surface area contributed by atoms with E-state index in [1.807, 2.05) is 0 Å². The molecule has 1 saturated carbocycles. The van der Waals surface area contributed by atoms with Crippen molar-refractivity contribution in [2.75, 3.05) is 6.54 Å². The second-order valence-corrected chi connectivity index (χ2v) is 6.12. The van der Waals surface area contributed by atoms with Crippen LogP contribution in [-0.2, 0) is 6.42 Å². The fourth-order valence-electron chi connectivity index (χ4n) is 2.73. The Morgan fingerprint density at radius 2 is 1.84 bits per heavy atom. The van der Waals surface area contributed by atoms with Crippen LogP contribution in [0.25, 0.3) is 0 Å². The zero-order valence-corrected chi connectivity index (χ0v) is 12.8. The predicted octanol–water partition coefficient (Wildman–Crippen LogP) is 4.24. The molecule has 1 N–H and O–H groups in total. The van der Waals surface area contributed by atoms with Crippen molar-refractivity contribution in [2.45, 2.75) is 59.4 Å². The Morgan fingerprint density at radius 1 is 1.21 bits per heavy atom. The van der Waals surface area contributed by atoms with Gasteiger partial charge in [0.1, 0.15) is 0 Å². The van der Waals surface area contributed by atoms with Gasteiger partial charge in [0, 0.05) is 6.04 Å². The van der Waals surface area contributed by atoms with E-state index in [1.54, 1.807) is 0 Å². The van der Waals surface area contributed by atoms with Crippen molar-refractivity contribution in [3.05, 3.63) is 46.0 Å². The number of nitrogens with one attached hydrogen (secondary N) is 1. The molecule has 0 atom stereocenters. The number of hydrogen-bond acceptors (Lipinski definition) is 1. The summed E-state index contributed by atoms with van der Waals surface area (Å²) in [6.45, 7) is 10.0. The van der Waals surface area contributed by atoms with E-state index in [1.165, 1.54) is 40.7 Å². The van der Waals surface area contributed by atoms with E-state index >= 15 is 0 Å². The molecule has 19 heavy (non-hydrogen) atoms. The highest BCUT2D eigenvalue weighted by atomic mass is 14.9. The first-order chi connectivity index (χ1) is 9.06. The molecule has 1 aromatic carbocycles. The van der Waals surface area contributed by atoms with Crippen molar-refractivity contribution in [3.63, 3.8) is 0 Å². The summed E-state index contributed by atoms with van der Waals surface area (Å²) in [6, 6.07) is 5.42. The van der Waals surface area contributed by atoms with Gasteiger partial charge in [-0.2, -0.15) is 0 Å². The van der Waals surface area contributed by atoms with Gasteiger partial charge in [0.15, 0.2) is 0 Å². The quantitative estimate of drug-likeness (QED) is 0.593. The van der Waals surface area contributed by atoms with E-state index in [-0.39, 0.29) is 0 Å². The maximum atomic E-state index is 3.56. The average Bonchev–Trinajstić information content (AvgIpc) is 3.13. The van der Waals surface area contributed by atoms with Gasteiger partial charge in [0.2, 0.25) is 0 Å². The summed E-state index contributed by atoms with van der Waals surface area (Å²) in [6.07, 6.45) is 7.41. The zero-order valence-electron chi connectivity index (χ0n) is 12.8. The van der Waals surface area contributed by atoms with Crippen molar-refractivity contribution in [2.24, 2.45) is 0 Å². The third-order valence-corrected chi connectivity index (χ3v) is 3.94. The first-order valence-electron chi connectivity index (χ1n) is 7.52. The molecule has 1 aromatic rings. The topological polar surface area (TPSA) is 12.0 Å². The lowest BCUT2D eigenvalue weighted by Gasteiger charge is -2.12. The number of hydrogen-bond donors (Lipinski definition) is 1. The summed E-state index contributed by atoms with van der Waals surface area (Å²) in [7, 11) is 0. The van der Waals surface area contributed by atoms with Crippen LogP contribution in [-0.4, -0.2) is 12.6 Å². The van der Waals surface area contributed by atoms with Crippen LogP contribution in [0, 0.1) is 20.8 Å². The molecule has 0 radical (unpaired) electrons. The summed E-state index contributed by atoms with van der Waals surface area (Å²) in [5.41, 5.74) is 7.24. The highest BCUT2D eigenvalue weighted by Gasteiger charge is 2.19. The van der Waals surface area contributed by atoms with Crippen LogP contribution in [0.5, 0.6) is 0 Å². The molecule has 0 bridgehead atoms. The molecule has 0 heterocycles. The number of allylic oxidation sites excluding steroid dienone is 1. The molecule has 0 unspecified atom stereocenters. The Hall–Kier alpha value is -1.08. The molecule has 0 saturated heterocycles. The summed E-state index contributed by atoms with van der Waals surface area (Å²) in [4.78, 5) is 0. The Labute approximate surface area is 118 Å². The molecular formula is C18H27N. The van der Waals surface area contributed by atoms with Gasteiger partial charge in [0.05, 0.1) is 0 Å². The monoisotopic (exact) mass is 257 g/mol. The molecule has 1 nitrogen and oxygen atoms in total. The Balaban J connectivity index is 1.89. The number of benzene rings is 1. The van der Waals surface area contributed by atoms with Gasteiger partial charge in [-0.15, -0.1) is 0 Å². The van der Waals surface area contributed by atoms with Gasteiger partial charge in [-0.3, -0.25) is 0 Å². The van der Waals surface area contributed by atoms with Crippen molar-refractivity contribution >= 4 is 0 Å². The Morgan fingerprint density at radius 3 is 2.42 bits per heavy atom. The van der Waals surface area contributed by atoms with Gasteiger partial charge in [0.25, 0.3) is 0 Å². The molecule has 0 spiro atoms. The molecule has 1 fully saturated rings. The molecule has 104 valence electrons. The van der Waals surface area contributed by atoms with Gasteiger partial charge in [-0.1, -0.05) is 29.3 Å². The van der Waals surface area contributed by atoms with Gasteiger partial charge < -0.3 is 5.32 Å². The fourth-order valence-corrected chi connectivity index (χ4v) is 2.73. The van der Waals surface area contributed by atoms with Gasteiger partial charge >= 0.3 is 0 Å². The standard InChI is InChI=1S/C18H27N/c1-13(6-5-9-19-17-7-8-17)12-18-15(3)10-14(2)11-16(18)4/h6,10-11,17,19H,5,7-9,12H2,1-4H3. The minimum atomic E-state index is 0.829. The van der Waals surface area contributed by atoms with Crippen LogP contribution >= 0.6 is 0 Å². The number of aryl methyl sites for hydroxylation is 3. The summed E-state index contributed by atoms with van der Waals surface area (Å²) < 4.78 is 0. The van der Waals surface area contributed by atoms with Crippen LogP contribution in [0.2, 0.25) is 0 Å². The molecule has 0 aliphatic heterocycles. The maximum Gasteiger partial charge on any atom is 0.00683 e. The lowest BCUT2D eigenvalue weighted by Crippen LogP contribution is -2.16. The fraction of sp³-hybridized carbons (Fsp3) is 0.556. The largest absolute Gasteiger partial charge is 0.314 e. The van der Waals surface area contributed by atoms with Crippen LogP contribution in [0.4, 0.5) is 0 Å². The van der Waals surface area contributed by atoms with E-state index in [0.29, 0.717) is 0 Å². The van der Waals surface area contributed by atoms with Crippen molar-refractivity contribution in [3.8, 4) is 0 Å². The second kappa shape index (κ2) is 6.38. The molecule has 1 heteroatoms. The van der Waals surface area contributed by atoms with Crippen LogP contribution in [0.3, 0.4) is 0 Å². The lowest BCUT2D eigenvalue weighted by molar-refractivity contribution is 0.688. The second-order valence-electron chi connectivity index (χ2n) is 6.12. The van der Waals surface area contributed by atoms with E-state index in [0.717, 1.165) is 25.4 Å². The number of rotatable bonds is 6.